The average Bonchev–Trinajstić information content (AvgIpc) is 2.67. The molecule has 2 N–H and O–H groups in total. The highest BCUT2D eigenvalue weighted by Crippen LogP contribution is 2.36. The molecule has 2 aromatic rings. The van der Waals surface area contributed by atoms with Crippen LogP contribution in [0.4, 0.5) is 22.9 Å². The van der Waals surface area contributed by atoms with E-state index in [9.17, 15) is 9.90 Å². The third kappa shape index (κ3) is 3.64. The molecule has 1 aromatic heterocycles. The van der Waals surface area contributed by atoms with Gasteiger partial charge in [-0.2, -0.15) is 0 Å². The van der Waals surface area contributed by atoms with Gasteiger partial charge < -0.3 is 20.2 Å². The van der Waals surface area contributed by atoms with Crippen molar-refractivity contribution in [1.82, 2.24) is 4.98 Å². The van der Waals surface area contributed by atoms with E-state index in [1.165, 1.54) is 12.1 Å². The first-order valence-corrected chi connectivity index (χ1v) is 12.9. The van der Waals surface area contributed by atoms with Gasteiger partial charge in [0.05, 0.1) is 37.9 Å². The lowest BCUT2D eigenvalue weighted by atomic mass is 10.1. The molecular weight excluding hydrogens is 356 g/mol. The van der Waals surface area contributed by atoms with Gasteiger partial charge in [0, 0.05) is 13.1 Å². The smallest absolute Gasteiger partial charge is 0.328 e. The Labute approximate surface area is 160 Å². The van der Waals surface area contributed by atoms with Crippen LogP contribution in [0, 0.1) is 0 Å². The van der Waals surface area contributed by atoms with Gasteiger partial charge in [0.15, 0.2) is 0 Å². The molecule has 7 heteroatoms. The third-order valence-electron chi connectivity index (χ3n) is 5.68. The molecule has 0 amide bonds. The van der Waals surface area contributed by atoms with Crippen LogP contribution in [0.15, 0.2) is 42.6 Å². The SMILES string of the molecule is C[Si]1(C)CCN(c2ccc(N3CC(C(=O)O)Nc4ccccc43)nc2)CC1. The molecule has 2 aliphatic rings. The first-order valence-electron chi connectivity index (χ1n) is 9.50. The molecule has 3 heterocycles. The van der Waals surface area contributed by atoms with Crippen molar-refractivity contribution >= 4 is 36.9 Å². The van der Waals surface area contributed by atoms with Crippen LogP contribution in [0.1, 0.15) is 0 Å². The fourth-order valence-electron chi connectivity index (χ4n) is 3.80. The number of hydrogen-bond acceptors (Lipinski definition) is 5. The zero-order valence-corrected chi connectivity index (χ0v) is 16.9. The number of aliphatic carboxylic acids is 1. The Kier molecular flexibility index (Phi) is 4.55. The Morgan fingerprint density at radius 1 is 1.19 bits per heavy atom. The molecule has 0 aliphatic carbocycles. The molecule has 4 rings (SSSR count). The highest BCUT2D eigenvalue weighted by atomic mass is 28.3. The number of nitrogens with zero attached hydrogens (tertiary/aromatic N) is 3. The summed E-state index contributed by atoms with van der Waals surface area (Å²) in [6.45, 7) is 7.50. The van der Waals surface area contributed by atoms with Crippen LogP contribution in [-0.4, -0.2) is 49.8 Å². The quantitative estimate of drug-likeness (QED) is 0.790. The molecule has 1 atom stereocenters. The van der Waals surface area contributed by atoms with Crippen molar-refractivity contribution < 1.29 is 9.90 Å². The number of carbonyl (C=O) groups is 1. The highest BCUT2D eigenvalue weighted by Gasteiger charge is 2.30. The molecular formula is C20H26N4O2Si. The van der Waals surface area contributed by atoms with Crippen LogP contribution >= 0.6 is 0 Å². The monoisotopic (exact) mass is 382 g/mol. The first-order chi connectivity index (χ1) is 12.9. The zero-order chi connectivity index (χ0) is 19.0. The summed E-state index contributed by atoms with van der Waals surface area (Å²) in [5.41, 5.74) is 2.94. The predicted molar refractivity (Wildman–Crippen MR) is 112 cm³/mol. The fourth-order valence-corrected chi connectivity index (χ4v) is 5.80. The van der Waals surface area contributed by atoms with Crippen molar-refractivity contribution in [3.05, 3.63) is 42.6 Å². The third-order valence-corrected chi connectivity index (χ3v) is 8.83. The fraction of sp³-hybridized carbons (Fsp3) is 0.400. The minimum atomic E-state index is -0.994. The van der Waals surface area contributed by atoms with Crippen molar-refractivity contribution in [2.24, 2.45) is 0 Å². The predicted octanol–water partition coefficient (Wildman–Crippen LogP) is 3.63. The number of anilines is 4. The molecule has 1 fully saturated rings. The van der Waals surface area contributed by atoms with Gasteiger partial charge in [0.25, 0.3) is 0 Å². The standard InChI is InChI=1S/C20H26N4O2Si/c1-27(2)11-9-23(10-12-27)15-7-8-19(21-13-15)24-14-17(20(25)26)22-16-5-3-4-6-18(16)24/h3-8,13,17,22H,9-12,14H2,1-2H3,(H,25,26). The maximum absolute atomic E-state index is 11.5. The largest absolute Gasteiger partial charge is 0.480 e. The number of aromatic nitrogens is 1. The van der Waals surface area contributed by atoms with Gasteiger partial charge >= 0.3 is 5.97 Å². The summed E-state index contributed by atoms with van der Waals surface area (Å²) in [7, 11) is -0.994. The van der Waals surface area contributed by atoms with E-state index in [0.717, 1.165) is 36.0 Å². The number of para-hydroxylation sites is 2. The maximum Gasteiger partial charge on any atom is 0.328 e. The number of fused-ring (bicyclic) bond motifs is 1. The minimum absolute atomic E-state index is 0.349. The molecule has 2 aliphatic heterocycles. The molecule has 1 unspecified atom stereocenters. The Morgan fingerprint density at radius 2 is 1.93 bits per heavy atom. The molecule has 0 bridgehead atoms. The molecule has 0 spiro atoms. The van der Waals surface area contributed by atoms with Gasteiger partial charge in [0.1, 0.15) is 11.9 Å². The molecule has 6 nitrogen and oxygen atoms in total. The summed E-state index contributed by atoms with van der Waals surface area (Å²) < 4.78 is 0. The van der Waals surface area contributed by atoms with Crippen molar-refractivity contribution in [2.75, 3.05) is 34.8 Å². The maximum atomic E-state index is 11.5. The second-order valence-electron chi connectivity index (χ2n) is 8.19. The van der Waals surface area contributed by atoms with E-state index in [-0.39, 0.29) is 0 Å². The van der Waals surface area contributed by atoms with Gasteiger partial charge in [-0.15, -0.1) is 0 Å². The first kappa shape index (κ1) is 17.9. The summed E-state index contributed by atoms with van der Waals surface area (Å²) in [5, 5.41) is 12.6. The lowest BCUT2D eigenvalue weighted by Crippen LogP contribution is -2.44. The van der Waals surface area contributed by atoms with Crippen LogP contribution in [0.3, 0.4) is 0 Å². The summed E-state index contributed by atoms with van der Waals surface area (Å²) in [4.78, 5) is 20.6. The number of nitrogens with one attached hydrogen (secondary N) is 1. The van der Waals surface area contributed by atoms with Gasteiger partial charge in [-0.1, -0.05) is 25.2 Å². The van der Waals surface area contributed by atoms with Crippen molar-refractivity contribution in [3.8, 4) is 0 Å². The molecule has 0 radical (unpaired) electrons. The number of rotatable bonds is 3. The van der Waals surface area contributed by atoms with Gasteiger partial charge in [-0.25, -0.2) is 9.78 Å². The molecule has 1 saturated heterocycles. The van der Waals surface area contributed by atoms with Crippen molar-refractivity contribution in [1.29, 1.82) is 0 Å². The number of carboxylic acid groups (broad SMARTS) is 1. The van der Waals surface area contributed by atoms with E-state index in [1.807, 2.05) is 41.4 Å². The summed E-state index contributed by atoms with van der Waals surface area (Å²) >= 11 is 0. The van der Waals surface area contributed by atoms with E-state index in [0.29, 0.717) is 6.54 Å². The van der Waals surface area contributed by atoms with E-state index < -0.39 is 20.1 Å². The molecule has 27 heavy (non-hydrogen) atoms. The van der Waals surface area contributed by atoms with E-state index >= 15 is 0 Å². The van der Waals surface area contributed by atoms with Gasteiger partial charge in [0.2, 0.25) is 0 Å². The Bertz CT molecular complexity index is 830. The summed E-state index contributed by atoms with van der Waals surface area (Å²) in [5.74, 6) is -0.0723. The number of benzene rings is 1. The number of hydrogen-bond donors (Lipinski definition) is 2. The molecule has 0 saturated carbocycles. The second kappa shape index (κ2) is 6.88. The lowest BCUT2D eigenvalue weighted by Gasteiger charge is -2.37. The van der Waals surface area contributed by atoms with E-state index in [2.05, 4.69) is 34.4 Å². The number of carboxylic acids is 1. The summed E-state index contributed by atoms with van der Waals surface area (Å²) in [6.07, 6.45) is 1.93. The van der Waals surface area contributed by atoms with Crippen LogP contribution in [0.5, 0.6) is 0 Å². The summed E-state index contributed by atoms with van der Waals surface area (Å²) in [6, 6.07) is 13.9. The normalized spacial score (nSPS) is 21.3. The topological polar surface area (TPSA) is 68.7 Å². The lowest BCUT2D eigenvalue weighted by molar-refractivity contribution is -0.137. The average molecular weight is 383 g/mol. The van der Waals surface area contributed by atoms with Crippen molar-refractivity contribution in [3.63, 3.8) is 0 Å². The van der Waals surface area contributed by atoms with Gasteiger partial charge in [-0.3, -0.25) is 0 Å². The zero-order valence-electron chi connectivity index (χ0n) is 15.9. The Hall–Kier alpha value is -2.54. The van der Waals surface area contributed by atoms with Crippen LogP contribution in [-0.2, 0) is 4.79 Å². The second-order valence-corrected chi connectivity index (χ2v) is 13.5. The highest BCUT2D eigenvalue weighted by molar-refractivity contribution is 6.77. The minimum Gasteiger partial charge on any atom is -0.480 e. The Balaban J connectivity index is 1.57. The van der Waals surface area contributed by atoms with Crippen LogP contribution in [0.2, 0.25) is 25.2 Å². The van der Waals surface area contributed by atoms with Crippen LogP contribution < -0.4 is 15.1 Å². The molecule has 1 aromatic carbocycles. The Morgan fingerprint density at radius 3 is 2.59 bits per heavy atom. The van der Waals surface area contributed by atoms with Crippen LogP contribution in [0.25, 0.3) is 0 Å². The van der Waals surface area contributed by atoms with E-state index in [1.54, 1.807) is 0 Å². The number of pyridine rings is 1. The van der Waals surface area contributed by atoms with Gasteiger partial charge in [-0.05, 0) is 36.4 Å². The molecule has 142 valence electrons. The van der Waals surface area contributed by atoms with E-state index in [4.69, 9.17) is 0 Å². The van der Waals surface area contributed by atoms with Crippen molar-refractivity contribution in [2.45, 2.75) is 31.2 Å².